The van der Waals surface area contributed by atoms with Gasteiger partial charge < -0.3 is 4.90 Å². The van der Waals surface area contributed by atoms with Gasteiger partial charge in [0, 0.05) is 16.8 Å². The molecule has 0 unspecified atom stereocenters. The van der Waals surface area contributed by atoms with Gasteiger partial charge in [0.05, 0.1) is 5.69 Å². The highest BCUT2D eigenvalue weighted by Crippen LogP contribution is 2.42. The van der Waals surface area contributed by atoms with E-state index < -0.39 is 0 Å². The third-order valence-electron chi connectivity index (χ3n) is 5.64. The van der Waals surface area contributed by atoms with Crippen LogP contribution in [-0.4, -0.2) is 0 Å². The Hall–Kier alpha value is -3.06. The van der Waals surface area contributed by atoms with E-state index in [9.17, 15) is 0 Å². The molecule has 0 bridgehead atoms. The van der Waals surface area contributed by atoms with Crippen molar-refractivity contribution in [2.75, 3.05) is 4.90 Å². The largest absolute Gasteiger partial charge is 0.309 e. The highest BCUT2D eigenvalue weighted by molar-refractivity contribution is 5.99. The van der Waals surface area contributed by atoms with Gasteiger partial charge in [-0.3, -0.25) is 0 Å². The molecule has 1 nitrogen and oxygen atoms in total. The maximum atomic E-state index is 2.42. The molecule has 0 atom stereocenters. The van der Waals surface area contributed by atoms with E-state index in [1.165, 1.54) is 50.1 Å². The van der Waals surface area contributed by atoms with Crippen molar-refractivity contribution in [3.8, 4) is 0 Å². The van der Waals surface area contributed by atoms with Crippen LogP contribution < -0.4 is 4.90 Å². The average molecular weight is 351 g/mol. The third kappa shape index (κ3) is 3.00. The summed E-state index contributed by atoms with van der Waals surface area (Å²) in [5.41, 5.74) is 8.93. The minimum atomic E-state index is 1.22. The van der Waals surface area contributed by atoms with Crippen molar-refractivity contribution in [3.63, 3.8) is 0 Å². The van der Waals surface area contributed by atoms with Crippen LogP contribution in [0.1, 0.15) is 22.3 Å². The van der Waals surface area contributed by atoms with E-state index in [0.29, 0.717) is 0 Å². The van der Waals surface area contributed by atoms with Gasteiger partial charge >= 0.3 is 0 Å². The molecule has 0 aliphatic rings. The summed E-state index contributed by atoms with van der Waals surface area (Å²) in [6.45, 7) is 8.80. The van der Waals surface area contributed by atoms with E-state index in [1.807, 2.05) is 0 Å². The number of hydrogen-bond donors (Lipinski definition) is 0. The molecular weight excluding hydrogens is 326 g/mol. The second kappa shape index (κ2) is 6.92. The van der Waals surface area contributed by atoms with Gasteiger partial charge in [0.2, 0.25) is 0 Å². The minimum Gasteiger partial charge on any atom is -0.309 e. The number of fused-ring (bicyclic) bond motifs is 1. The standard InChI is InChI=1S/C26H25N/c1-18-10-7-15-24(20(18)3)27(25-16-8-11-19(2)21(25)4)26-17-9-13-22-12-5-6-14-23(22)26/h5-17H,1-4H3. The predicted octanol–water partition coefficient (Wildman–Crippen LogP) is 7.54. The monoisotopic (exact) mass is 351 g/mol. The van der Waals surface area contributed by atoms with Crippen LogP contribution in [0, 0.1) is 27.7 Å². The molecule has 0 saturated heterocycles. The van der Waals surface area contributed by atoms with Crippen molar-refractivity contribution >= 4 is 27.8 Å². The smallest absolute Gasteiger partial charge is 0.0540 e. The van der Waals surface area contributed by atoms with Gasteiger partial charge in [-0.2, -0.15) is 0 Å². The van der Waals surface area contributed by atoms with Crippen LogP contribution in [0.2, 0.25) is 0 Å². The fraction of sp³-hybridized carbons (Fsp3) is 0.154. The Bertz CT molecular complexity index is 1070. The molecule has 0 spiro atoms. The Labute approximate surface area is 161 Å². The normalized spacial score (nSPS) is 11.0. The fourth-order valence-corrected chi connectivity index (χ4v) is 3.75. The first kappa shape index (κ1) is 17.4. The number of aryl methyl sites for hydroxylation is 2. The number of nitrogens with zero attached hydrogens (tertiary/aromatic N) is 1. The SMILES string of the molecule is Cc1cccc(N(c2cccc(C)c2C)c2cccc3ccccc23)c1C. The molecule has 0 heterocycles. The first-order valence-corrected chi connectivity index (χ1v) is 9.48. The molecule has 4 aromatic rings. The predicted molar refractivity (Wildman–Crippen MR) is 118 cm³/mol. The summed E-state index contributed by atoms with van der Waals surface area (Å²) in [4.78, 5) is 2.42. The van der Waals surface area contributed by atoms with E-state index in [2.05, 4.69) is 111 Å². The second-order valence-corrected chi connectivity index (χ2v) is 7.27. The quantitative estimate of drug-likeness (QED) is 0.368. The van der Waals surface area contributed by atoms with Crippen LogP contribution in [0.3, 0.4) is 0 Å². The zero-order valence-corrected chi connectivity index (χ0v) is 16.5. The van der Waals surface area contributed by atoms with E-state index in [0.717, 1.165) is 0 Å². The van der Waals surface area contributed by atoms with E-state index in [-0.39, 0.29) is 0 Å². The first-order valence-electron chi connectivity index (χ1n) is 9.48. The van der Waals surface area contributed by atoms with Crippen LogP contribution in [0.4, 0.5) is 17.1 Å². The maximum Gasteiger partial charge on any atom is 0.0540 e. The topological polar surface area (TPSA) is 3.24 Å². The molecule has 0 N–H and O–H groups in total. The molecule has 0 amide bonds. The molecule has 27 heavy (non-hydrogen) atoms. The highest BCUT2D eigenvalue weighted by atomic mass is 15.1. The maximum absolute atomic E-state index is 2.42. The van der Waals surface area contributed by atoms with E-state index in [4.69, 9.17) is 0 Å². The fourth-order valence-electron chi connectivity index (χ4n) is 3.75. The molecule has 134 valence electrons. The molecule has 1 heteroatoms. The van der Waals surface area contributed by atoms with Gasteiger partial charge in [-0.25, -0.2) is 0 Å². The van der Waals surface area contributed by atoms with Gasteiger partial charge in [-0.1, -0.05) is 60.7 Å². The van der Waals surface area contributed by atoms with Gasteiger partial charge in [-0.15, -0.1) is 0 Å². The number of hydrogen-bond acceptors (Lipinski definition) is 1. The highest BCUT2D eigenvalue weighted by Gasteiger charge is 2.19. The summed E-state index contributed by atoms with van der Waals surface area (Å²) in [7, 11) is 0. The summed E-state index contributed by atoms with van der Waals surface area (Å²) in [5, 5.41) is 2.53. The molecular formula is C26H25N. The van der Waals surface area contributed by atoms with Gasteiger partial charge in [0.25, 0.3) is 0 Å². The molecule has 4 rings (SSSR count). The molecule has 0 fully saturated rings. The van der Waals surface area contributed by atoms with Crippen LogP contribution in [0.5, 0.6) is 0 Å². The lowest BCUT2D eigenvalue weighted by molar-refractivity contribution is 1.20. The summed E-state index contributed by atoms with van der Waals surface area (Å²) in [6, 6.07) is 28.3. The first-order chi connectivity index (χ1) is 13.1. The van der Waals surface area contributed by atoms with Crippen molar-refractivity contribution in [1.82, 2.24) is 0 Å². The molecule has 4 aromatic carbocycles. The average Bonchev–Trinajstić information content (AvgIpc) is 2.68. The van der Waals surface area contributed by atoms with Crippen LogP contribution >= 0.6 is 0 Å². The third-order valence-corrected chi connectivity index (χ3v) is 5.64. The van der Waals surface area contributed by atoms with Gasteiger partial charge in [0.1, 0.15) is 0 Å². The summed E-state index contributed by atoms with van der Waals surface area (Å²) < 4.78 is 0. The van der Waals surface area contributed by atoms with Gasteiger partial charge in [-0.05, 0) is 73.5 Å². The zero-order chi connectivity index (χ0) is 19.0. The van der Waals surface area contributed by atoms with Crippen molar-refractivity contribution in [2.24, 2.45) is 0 Å². The summed E-state index contributed by atoms with van der Waals surface area (Å²) in [5.74, 6) is 0. The molecule has 0 aliphatic heterocycles. The van der Waals surface area contributed by atoms with Gasteiger partial charge in [0.15, 0.2) is 0 Å². The van der Waals surface area contributed by atoms with Crippen LogP contribution in [0.25, 0.3) is 10.8 Å². The lowest BCUT2D eigenvalue weighted by atomic mass is 10.0. The minimum absolute atomic E-state index is 1.22. The molecule has 0 radical (unpaired) electrons. The van der Waals surface area contributed by atoms with Crippen molar-refractivity contribution in [1.29, 1.82) is 0 Å². The van der Waals surface area contributed by atoms with E-state index in [1.54, 1.807) is 0 Å². The number of anilines is 3. The Morgan fingerprint density at radius 2 is 0.963 bits per heavy atom. The summed E-state index contributed by atoms with van der Waals surface area (Å²) in [6.07, 6.45) is 0. The van der Waals surface area contributed by atoms with Crippen molar-refractivity contribution in [2.45, 2.75) is 27.7 Å². The molecule has 0 saturated carbocycles. The molecule has 0 aromatic heterocycles. The lowest BCUT2D eigenvalue weighted by Gasteiger charge is -2.30. The second-order valence-electron chi connectivity index (χ2n) is 7.27. The Morgan fingerprint density at radius 1 is 0.481 bits per heavy atom. The summed E-state index contributed by atoms with van der Waals surface area (Å²) >= 11 is 0. The Balaban J connectivity index is 2.08. The van der Waals surface area contributed by atoms with Crippen LogP contribution in [-0.2, 0) is 0 Å². The van der Waals surface area contributed by atoms with E-state index >= 15 is 0 Å². The Kier molecular flexibility index (Phi) is 4.45. The van der Waals surface area contributed by atoms with Crippen LogP contribution in [0.15, 0.2) is 78.9 Å². The Morgan fingerprint density at radius 3 is 1.59 bits per heavy atom. The zero-order valence-electron chi connectivity index (χ0n) is 16.5. The number of benzene rings is 4. The van der Waals surface area contributed by atoms with Crippen molar-refractivity contribution < 1.29 is 0 Å². The molecule has 0 aliphatic carbocycles. The number of rotatable bonds is 3. The lowest BCUT2D eigenvalue weighted by Crippen LogP contribution is -2.14. The van der Waals surface area contributed by atoms with Crippen molar-refractivity contribution in [3.05, 3.63) is 101 Å².